The van der Waals surface area contributed by atoms with Crippen LogP contribution >= 0.6 is 0 Å². The van der Waals surface area contributed by atoms with E-state index in [1.807, 2.05) is 6.07 Å². The van der Waals surface area contributed by atoms with E-state index in [1.165, 1.54) is 16.8 Å². The Morgan fingerprint density at radius 3 is 2.68 bits per heavy atom. The van der Waals surface area contributed by atoms with Gasteiger partial charge in [-0.05, 0) is 25.1 Å². The predicted molar refractivity (Wildman–Crippen MR) is 122 cm³/mol. The molecule has 0 bridgehead atoms. The second-order valence-electron chi connectivity index (χ2n) is 8.09. The monoisotopic (exact) mass is 465 g/mol. The van der Waals surface area contributed by atoms with Gasteiger partial charge in [-0.2, -0.15) is 19.5 Å². The molecule has 4 heterocycles. The van der Waals surface area contributed by atoms with Gasteiger partial charge in [-0.3, -0.25) is 9.69 Å². The molecule has 0 spiro atoms. The van der Waals surface area contributed by atoms with Crippen LogP contribution in [0.5, 0.6) is 0 Å². The molecule has 1 fully saturated rings. The summed E-state index contributed by atoms with van der Waals surface area (Å²) in [7, 11) is 0. The summed E-state index contributed by atoms with van der Waals surface area (Å²) in [4.78, 5) is 29.8. The number of nitrogen functional groups attached to an aromatic ring is 1. The molecule has 34 heavy (non-hydrogen) atoms. The Morgan fingerprint density at radius 2 is 1.94 bits per heavy atom. The van der Waals surface area contributed by atoms with Crippen LogP contribution in [0.1, 0.15) is 12.5 Å². The van der Waals surface area contributed by atoms with Crippen molar-refractivity contribution < 1.29 is 13.6 Å². The number of nitrogens with zero attached hydrogens (tertiary/aromatic N) is 7. The van der Waals surface area contributed by atoms with Gasteiger partial charge in [-0.1, -0.05) is 18.2 Å². The number of anilines is 2. The van der Waals surface area contributed by atoms with Gasteiger partial charge in [-0.25, -0.2) is 4.39 Å². The van der Waals surface area contributed by atoms with Crippen LogP contribution in [0.3, 0.4) is 0 Å². The Bertz CT molecular complexity index is 1300. The quantitative estimate of drug-likeness (QED) is 0.436. The first-order chi connectivity index (χ1) is 16.5. The number of rotatable bonds is 6. The predicted octanol–water partition coefficient (Wildman–Crippen LogP) is 1.65. The molecular formula is C22H24FN9O2. The topological polar surface area (TPSA) is 131 Å². The first-order valence-electron chi connectivity index (χ1n) is 10.9. The highest BCUT2D eigenvalue weighted by Gasteiger charge is 2.26. The van der Waals surface area contributed by atoms with Gasteiger partial charge in [0.1, 0.15) is 11.9 Å². The number of fused-ring (bicyclic) bond motifs is 1. The van der Waals surface area contributed by atoms with Crippen molar-refractivity contribution >= 4 is 23.6 Å². The highest BCUT2D eigenvalue weighted by atomic mass is 19.1. The van der Waals surface area contributed by atoms with Crippen LogP contribution < -0.4 is 11.1 Å². The molecule has 3 N–H and O–H groups in total. The van der Waals surface area contributed by atoms with Crippen LogP contribution in [0.4, 0.5) is 16.3 Å². The lowest BCUT2D eigenvalue weighted by atomic mass is 10.1. The zero-order chi connectivity index (χ0) is 23.7. The van der Waals surface area contributed by atoms with Crippen LogP contribution in [0, 0.1) is 5.82 Å². The fraction of sp³-hybridized carbons (Fsp3) is 0.318. The van der Waals surface area contributed by atoms with Crippen molar-refractivity contribution in [2.75, 3.05) is 37.2 Å². The number of amides is 1. The van der Waals surface area contributed by atoms with Crippen molar-refractivity contribution in [1.29, 1.82) is 0 Å². The number of nitrogens with one attached hydrogen (secondary N) is 1. The molecule has 1 aromatic carbocycles. The molecule has 176 valence electrons. The Labute approximate surface area is 194 Å². The van der Waals surface area contributed by atoms with Gasteiger partial charge in [0.2, 0.25) is 23.6 Å². The summed E-state index contributed by atoms with van der Waals surface area (Å²) in [5.41, 5.74) is 6.68. The number of furan rings is 1. The van der Waals surface area contributed by atoms with E-state index in [2.05, 4.69) is 30.3 Å². The highest BCUT2D eigenvalue weighted by Crippen LogP contribution is 2.18. The number of nitrogens with two attached hydrogens (primary N) is 1. The number of benzene rings is 1. The van der Waals surface area contributed by atoms with Gasteiger partial charge >= 0.3 is 0 Å². The number of carbonyl (C=O) groups excluding carboxylic acids is 1. The molecule has 3 aromatic heterocycles. The summed E-state index contributed by atoms with van der Waals surface area (Å²) >= 11 is 0. The Hall–Kier alpha value is -4.06. The lowest BCUT2D eigenvalue weighted by Gasteiger charge is -2.36. The smallest absolute Gasteiger partial charge is 0.259 e. The molecule has 4 aromatic rings. The van der Waals surface area contributed by atoms with Crippen molar-refractivity contribution in [3.63, 3.8) is 0 Å². The molecule has 0 unspecified atom stereocenters. The van der Waals surface area contributed by atoms with E-state index in [-0.39, 0.29) is 29.4 Å². The number of piperazine rings is 1. The molecule has 1 atom stereocenters. The summed E-state index contributed by atoms with van der Waals surface area (Å²) < 4.78 is 20.5. The van der Waals surface area contributed by atoms with E-state index in [9.17, 15) is 9.18 Å². The molecule has 0 aliphatic carbocycles. The van der Waals surface area contributed by atoms with E-state index < -0.39 is 6.04 Å². The van der Waals surface area contributed by atoms with Crippen LogP contribution in [-0.2, 0) is 11.3 Å². The molecular weight excluding hydrogens is 441 g/mol. The fourth-order valence-corrected chi connectivity index (χ4v) is 3.90. The maximum Gasteiger partial charge on any atom is 0.259 e. The van der Waals surface area contributed by atoms with Crippen LogP contribution in [0.25, 0.3) is 17.4 Å². The largest absolute Gasteiger partial charge is 0.461 e. The first-order valence-corrected chi connectivity index (χ1v) is 10.9. The minimum Gasteiger partial charge on any atom is -0.461 e. The van der Waals surface area contributed by atoms with Gasteiger partial charge < -0.3 is 20.4 Å². The zero-order valence-corrected chi connectivity index (χ0v) is 18.6. The molecule has 0 saturated carbocycles. The number of aromatic nitrogens is 5. The SMILES string of the molecule is C[C@H](Nc1nc(N)n2nc(-c3ccco3)nc2n1)C(=O)N1CCN(Cc2ccccc2F)CC1. The van der Waals surface area contributed by atoms with E-state index in [1.54, 1.807) is 36.1 Å². The number of hydrogen-bond donors (Lipinski definition) is 2. The molecule has 5 rings (SSSR count). The summed E-state index contributed by atoms with van der Waals surface area (Å²) in [5, 5.41) is 7.27. The summed E-state index contributed by atoms with van der Waals surface area (Å²) in [6.45, 7) is 4.70. The van der Waals surface area contributed by atoms with Crippen LogP contribution in [0.15, 0.2) is 47.1 Å². The molecule has 0 radical (unpaired) electrons. The Balaban J connectivity index is 1.21. The molecule has 1 amide bonds. The normalized spacial score (nSPS) is 15.5. The van der Waals surface area contributed by atoms with Crippen LogP contribution in [0.2, 0.25) is 0 Å². The molecule has 1 saturated heterocycles. The van der Waals surface area contributed by atoms with Crippen molar-refractivity contribution in [3.8, 4) is 11.6 Å². The van der Waals surface area contributed by atoms with Crippen molar-refractivity contribution in [1.82, 2.24) is 34.4 Å². The molecule has 1 aliphatic rings. The lowest BCUT2D eigenvalue weighted by molar-refractivity contribution is -0.133. The standard InChI is InChI=1S/C22H24FN9O2/c1-14(19(33)31-10-8-30(9-11-31)13-15-5-2-3-6-16(15)23)25-21-27-20(24)32-22(28-21)26-18(29-32)17-7-4-12-34-17/h2-7,12,14H,8-11,13H2,1H3,(H3,24,25,26,27,28,29)/t14-/m0/s1. The van der Waals surface area contributed by atoms with Crippen molar-refractivity contribution in [2.45, 2.75) is 19.5 Å². The average Bonchev–Trinajstić information content (AvgIpc) is 3.51. The van der Waals surface area contributed by atoms with Gasteiger partial charge in [0.25, 0.3) is 5.78 Å². The average molecular weight is 465 g/mol. The third-order valence-electron chi connectivity index (χ3n) is 5.73. The van der Waals surface area contributed by atoms with E-state index >= 15 is 0 Å². The minimum atomic E-state index is -0.576. The molecule has 11 nitrogen and oxygen atoms in total. The third kappa shape index (κ3) is 4.39. The van der Waals surface area contributed by atoms with Gasteiger partial charge in [0, 0.05) is 38.3 Å². The summed E-state index contributed by atoms with van der Waals surface area (Å²) in [6.07, 6.45) is 1.52. The Kier molecular flexibility index (Phi) is 5.80. The fourth-order valence-electron chi connectivity index (χ4n) is 3.90. The maximum absolute atomic E-state index is 13.9. The van der Waals surface area contributed by atoms with E-state index in [0.29, 0.717) is 49.9 Å². The number of carbonyl (C=O) groups is 1. The van der Waals surface area contributed by atoms with E-state index in [4.69, 9.17) is 10.2 Å². The second kappa shape index (κ2) is 9.06. The van der Waals surface area contributed by atoms with Gasteiger partial charge in [0.05, 0.1) is 6.26 Å². The van der Waals surface area contributed by atoms with Crippen molar-refractivity contribution in [2.24, 2.45) is 0 Å². The maximum atomic E-state index is 13.9. The first kappa shape index (κ1) is 21.8. The minimum absolute atomic E-state index is 0.0784. The van der Waals surface area contributed by atoms with Gasteiger partial charge in [0.15, 0.2) is 5.76 Å². The Morgan fingerprint density at radius 1 is 1.15 bits per heavy atom. The summed E-state index contributed by atoms with van der Waals surface area (Å²) in [6, 6.07) is 9.65. The zero-order valence-electron chi connectivity index (χ0n) is 18.6. The third-order valence-corrected chi connectivity index (χ3v) is 5.73. The van der Waals surface area contributed by atoms with Crippen molar-refractivity contribution in [3.05, 3.63) is 54.0 Å². The number of halogens is 1. The number of hydrogen-bond acceptors (Lipinski definition) is 9. The molecule has 1 aliphatic heterocycles. The van der Waals surface area contributed by atoms with E-state index in [0.717, 1.165) is 0 Å². The van der Waals surface area contributed by atoms with Crippen LogP contribution in [-0.4, -0.2) is 72.5 Å². The molecule has 12 heteroatoms. The highest BCUT2D eigenvalue weighted by molar-refractivity contribution is 5.84. The lowest BCUT2D eigenvalue weighted by Crippen LogP contribution is -2.52. The van der Waals surface area contributed by atoms with Gasteiger partial charge in [-0.15, -0.1) is 5.10 Å². The second-order valence-corrected chi connectivity index (χ2v) is 8.09. The summed E-state index contributed by atoms with van der Waals surface area (Å²) in [5.74, 6) is 1.03.